The zero-order valence-electron chi connectivity index (χ0n) is 14.1. The van der Waals surface area contributed by atoms with E-state index in [0.717, 1.165) is 21.8 Å². The molecule has 2 aromatic heterocycles. The van der Waals surface area contributed by atoms with Crippen LogP contribution in [0.1, 0.15) is 13.8 Å². The van der Waals surface area contributed by atoms with Crippen LogP contribution in [0.4, 0.5) is 0 Å². The van der Waals surface area contributed by atoms with Gasteiger partial charge in [-0.1, -0.05) is 26.0 Å². The van der Waals surface area contributed by atoms with Crippen molar-refractivity contribution < 1.29 is 8.42 Å². The highest BCUT2D eigenvalue weighted by Gasteiger charge is 2.22. The summed E-state index contributed by atoms with van der Waals surface area (Å²) in [6.45, 7) is 4.58. The van der Waals surface area contributed by atoms with Crippen molar-refractivity contribution in [3.05, 3.63) is 54.2 Å². The number of aromatic nitrogens is 2. The molecule has 0 fully saturated rings. The molecule has 0 amide bonds. The first-order valence-corrected chi connectivity index (χ1v) is 10.3. The van der Waals surface area contributed by atoms with Crippen molar-refractivity contribution in [2.45, 2.75) is 18.7 Å². The average Bonchev–Trinajstić information content (AvgIpc) is 3.13. The van der Waals surface area contributed by atoms with Crippen molar-refractivity contribution in [3.8, 4) is 21.8 Å². The summed E-state index contributed by atoms with van der Waals surface area (Å²) in [7, 11) is -3.48. The van der Waals surface area contributed by atoms with Crippen LogP contribution in [0.15, 0.2) is 59.1 Å². The number of nitrogens with zero attached hydrogens (tertiary/aromatic N) is 3. The smallest absolute Gasteiger partial charge is 0.243 e. The lowest BCUT2D eigenvalue weighted by Crippen LogP contribution is -2.30. The first-order chi connectivity index (χ1) is 12.1. The van der Waals surface area contributed by atoms with E-state index in [4.69, 9.17) is 0 Å². The van der Waals surface area contributed by atoms with Gasteiger partial charge in [-0.25, -0.2) is 13.4 Å². The molecule has 0 N–H and O–H groups in total. The van der Waals surface area contributed by atoms with Crippen LogP contribution >= 0.6 is 11.3 Å². The maximum Gasteiger partial charge on any atom is 0.243 e. The topological polar surface area (TPSA) is 63.2 Å². The monoisotopic (exact) mass is 373 g/mol. The zero-order valence-corrected chi connectivity index (χ0v) is 15.7. The van der Waals surface area contributed by atoms with Crippen LogP contribution in [0, 0.1) is 0 Å². The molecule has 0 saturated heterocycles. The summed E-state index contributed by atoms with van der Waals surface area (Å²) in [6, 6.07) is 10.8. The van der Waals surface area contributed by atoms with E-state index in [1.54, 1.807) is 30.6 Å². The summed E-state index contributed by atoms with van der Waals surface area (Å²) in [5.41, 5.74) is 2.51. The van der Waals surface area contributed by atoms with E-state index in [1.165, 1.54) is 15.6 Å². The van der Waals surface area contributed by atoms with Gasteiger partial charge >= 0.3 is 0 Å². The predicted molar refractivity (Wildman–Crippen MR) is 101 cm³/mol. The number of sulfonamides is 1. The second-order valence-electron chi connectivity index (χ2n) is 5.40. The molecule has 5 nitrogen and oxygen atoms in total. The number of pyridine rings is 1. The summed E-state index contributed by atoms with van der Waals surface area (Å²) in [5, 5.41) is 2.80. The number of hydrogen-bond donors (Lipinski definition) is 0. The minimum atomic E-state index is -3.48. The summed E-state index contributed by atoms with van der Waals surface area (Å²) in [4.78, 5) is 9.03. The Bertz CT molecular complexity index is 949. The second-order valence-corrected chi connectivity index (χ2v) is 8.19. The van der Waals surface area contributed by atoms with Crippen molar-refractivity contribution >= 4 is 21.4 Å². The predicted octanol–water partition coefficient (Wildman–Crippen LogP) is 3.90. The van der Waals surface area contributed by atoms with Gasteiger partial charge in [-0.15, -0.1) is 11.3 Å². The normalized spacial score (nSPS) is 11.8. The standard InChI is InChI=1S/C18H19N3O2S2/c1-3-21(4-2)25(22,23)16-9-5-7-14(11-16)17-13-24-18(20-17)15-8-6-10-19-12-15/h5-13H,3-4H2,1-2H3. The quantitative estimate of drug-likeness (QED) is 0.657. The van der Waals surface area contributed by atoms with Crippen LogP contribution in [0.25, 0.3) is 21.8 Å². The zero-order chi connectivity index (χ0) is 17.9. The highest BCUT2D eigenvalue weighted by Crippen LogP contribution is 2.29. The second kappa shape index (κ2) is 7.43. The van der Waals surface area contributed by atoms with Crippen LogP contribution in [0.5, 0.6) is 0 Å². The average molecular weight is 374 g/mol. The van der Waals surface area contributed by atoms with Crippen molar-refractivity contribution in [2.75, 3.05) is 13.1 Å². The van der Waals surface area contributed by atoms with E-state index < -0.39 is 10.0 Å². The molecule has 130 valence electrons. The Morgan fingerprint density at radius 2 is 1.84 bits per heavy atom. The maximum atomic E-state index is 12.7. The third-order valence-electron chi connectivity index (χ3n) is 3.89. The SMILES string of the molecule is CCN(CC)S(=O)(=O)c1cccc(-c2csc(-c3cccnc3)n2)c1. The fourth-order valence-corrected chi connectivity index (χ4v) is 4.88. The fraction of sp³-hybridized carbons (Fsp3) is 0.222. The van der Waals surface area contributed by atoms with Gasteiger partial charge in [0.25, 0.3) is 0 Å². The summed E-state index contributed by atoms with van der Waals surface area (Å²) in [6.07, 6.45) is 3.49. The molecule has 0 radical (unpaired) electrons. The van der Waals surface area contributed by atoms with Gasteiger partial charge in [0.2, 0.25) is 10.0 Å². The molecule has 0 saturated carbocycles. The van der Waals surface area contributed by atoms with Crippen LogP contribution in [0.3, 0.4) is 0 Å². The molecule has 2 heterocycles. The fourth-order valence-electron chi connectivity index (χ4n) is 2.56. The minimum absolute atomic E-state index is 0.296. The van der Waals surface area contributed by atoms with Crippen LogP contribution in [-0.2, 0) is 10.0 Å². The van der Waals surface area contributed by atoms with Crippen LogP contribution in [-0.4, -0.2) is 35.8 Å². The lowest BCUT2D eigenvalue weighted by atomic mass is 10.2. The van der Waals surface area contributed by atoms with Gasteiger partial charge < -0.3 is 0 Å². The van der Waals surface area contributed by atoms with Crippen molar-refractivity contribution in [1.82, 2.24) is 14.3 Å². The molecule has 25 heavy (non-hydrogen) atoms. The number of rotatable bonds is 6. The Morgan fingerprint density at radius 1 is 1.08 bits per heavy atom. The highest BCUT2D eigenvalue weighted by atomic mass is 32.2. The summed E-state index contributed by atoms with van der Waals surface area (Å²) < 4.78 is 26.9. The Hall–Kier alpha value is -2.09. The van der Waals surface area contributed by atoms with Gasteiger partial charge in [0, 0.05) is 42.0 Å². The van der Waals surface area contributed by atoms with Gasteiger partial charge in [-0.05, 0) is 24.3 Å². The lowest BCUT2D eigenvalue weighted by Gasteiger charge is -2.18. The molecule has 0 unspecified atom stereocenters. The van der Waals surface area contributed by atoms with Crippen molar-refractivity contribution in [2.24, 2.45) is 0 Å². The Balaban J connectivity index is 1.97. The summed E-state index contributed by atoms with van der Waals surface area (Å²) >= 11 is 1.52. The first kappa shape index (κ1) is 17.7. The molecule has 7 heteroatoms. The van der Waals surface area contributed by atoms with Gasteiger partial charge in [-0.2, -0.15) is 4.31 Å². The van der Waals surface area contributed by atoms with Gasteiger partial charge in [0.1, 0.15) is 5.01 Å². The third-order valence-corrected chi connectivity index (χ3v) is 6.82. The van der Waals surface area contributed by atoms with E-state index in [2.05, 4.69) is 9.97 Å². The Labute approximate surface area is 152 Å². The molecule has 0 bridgehead atoms. The molecule has 0 atom stereocenters. The molecule has 3 aromatic rings. The Morgan fingerprint density at radius 3 is 2.52 bits per heavy atom. The van der Waals surface area contributed by atoms with E-state index in [1.807, 2.05) is 37.4 Å². The van der Waals surface area contributed by atoms with Crippen molar-refractivity contribution in [1.29, 1.82) is 0 Å². The first-order valence-electron chi connectivity index (χ1n) is 8.02. The van der Waals surface area contributed by atoms with Gasteiger partial charge in [0.15, 0.2) is 0 Å². The summed E-state index contributed by atoms with van der Waals surface area (Å²) in [5.74, 6) is 0. The largest absolute Gasteiger partial charge is 0.264 e. The molecular formula is C18H19N3O2S2. The van der Waals surface area contributed by atoms with E-state index in [-0.39, 0.29) is 0 Å². The molecular weight excluding hydrogens is 354 g/mol. The van der Waals surface area contributed by atoms with E-state index >= 15 is 0 Å². The molecule has 0 aliphatic heterocycles. The highest BCUT2D eigenvalue weighted by molar-refractivity contribution is 7.89. The Kier molecular flexibility index (Phi) is 5.27. The number of thiazole rings is 1. The van der Waals surface area contributed by atoms with Crippen LogP contribution in [0.2, 0.25) is 0 Å². The van der Waals surface area contributed by atoms with Crippen molar-refractivity contribution in [3.63, 3.8) is 0 Å². The van der Waals surface area contributed by atoms with Crippen LogP contribution < -0.4 is 0 Å². The third kappa shape index (κ3) is 3.63. The maximum absolute atomic E-state index is 12.7. The number of benzene rings is 1. The van der Waals surface area contributed by atoms with Gasteiger partial charge in [0.05, 0.1) is 10.6 Å². The molecule has 0 aliphatic rings. The molecule has 0 aliphatic carbocycles. The lowest BCUT2D eigenvalue weighted by molar-refractivity contribution is 0.445. The van der Waals surface area contributed by atoms with E-state index in [0.29, 0.717) is 18.0 Å². The molecule has 1 aromatic carbocycles. The number of hydrogen-bond acceptors (Lipinski definition) is 5. The van der Waals surface area contributed by atoms with Gasteiger partial charge in [-0.3, -0.25) is 4.98 Å². The minimum Gasteiger partial charge on any atom is -0.264 e. The molecule has 0 spiro atoms. The molecule has 3 rings (SSSR count). The van der Waals surface area contributed by atoms with E-state index in [9.17, 15) is 8.42 Å².